The van der Waals surface area contributed by atoms with Gasteiger partial charge in [0.15, 0.2) is 0 Å². The van der Waals surface area contributed by atoms with Crippen LogP contribution in [0.4, 0.5) is 0 Å². The number of nitrogens with zero attached hydrogens (tertiary/aromatic N) is 3. The van der Waals surface area contributed by atoms with Crippen LogP contribution in [0.1, 0.15) is 28.3 Å². The smallest absolute Gasteiger partial charge is 0.325 e. The fourth-order valence-corrected chi connectivity index (χ4v) is 3.49. The molecule has 0 amide bonds. The van der Waals surface area contributed by atoms with Crippen molar-refractivity contribution in [1.82, 2.24) is 14.8 Å². The number of benzene rings is 1. The van der Waals surface area contributed by atoms with E-state index in [0.717, 1.165) is 49.4 Å². The monoisotopic (exact) mass is 339 g/mol. The van der Waals surface area contributed by atoms with Gasteiger partial charge in [-0.2, -0.15) is 0 Å². The molecule has 25 heavy (non-hydrogen) atoms. The maximum Gasteiger partial charge on any atom is 0.325 e. The maximum absolute atomic E-state index is 12.0. The second kappa shape index (κ2) is 7.76. The summed E-state index contributed by atoms with van der Waals surface area (Å²) < 4.78 is 0. The molecule has 0 saturated carbocycles. The second-order valence-electron chi connectivity index (χ2n) is 6.70. The number of carbonyl (C=O) groups is 1. The number of pyridine rings is 1. The highest BCUT2D eigenvalue weighted by molar-refractivity contribution is 5.76. The zero-order valence-corrected chi connectivity index (χ0v) is 14.9. The number of hydrogen-bond acceptors (Lipinski definition) is 4. The van der Waals surface area contributed by atoms with E-state index in [-0.39, 0.29) is 0 Å². The Labute approximate surface area is 148 Å². The Bertz CT molecular complexity index is 725. The molecular weight excluding hydrogens is 314 g/mol. The molecule has 5 nitrogen and oxygen atoms in total. The van der Waals surface area contributed by atoms with Gasteiger partial charge in [-0.1, -0.05) is 24.3 Å². The molecule has 132 valence electrons. The van der Waals surface area contributed by atoms with E-state index >= 15 is 0 Å². The van der Waals surface area contributed by atoms with E-state index in [4.69, 9.17) is 0 Å². The van der Waals surface area contributed by atoms with Crippen molar-refractivity contribution in [3.8, 4) is 0 Å². The van der Waals surface area contributed by atoms with E-state index in [0.29, 0.717) is 0 Å². The number of carboxylic acids is 1. The van der Waals surface area contributed by atoms with Crippen LogP contribution in [-0.2, 0) is 11.3 Å². The van der Waals surface area contributed by atoms with Gasteiger partial charge in [-0.05, 0) is 42.2 Å². The predicted molar refractivity (Wildman–Crippen MR) is 97.4 cm³/mol. The van der Waals surface area contributed by atoms with E-state index < -0.39 is 12.0 Å². The summed E-state index contributed by atoms with van der Waals surface area (Å²) in [5.74, 6) is -0.769. The molecule has 1 aromatic heterocycles. The molecule has 1 aliphatic rings. The van der Waals surface area contributed by atoms with Gasteiger partial charge in [-0.3, -0.25) is 19.6 Å². The van der Waals surface area contributed by atoms with E-state index in [1.165, 1.54) is 5.56 Å². The summed E-state index contributed by atoms with van der Waals surface area (Å²) in [6, 6.07) is 9.39. The van der Waals surface area contributed by atoms with Crippen molar-refractivity contribution in [3.63, 3.8) is 0 Å². The molecule has 0 radical (unpaired) electrons. The largest absolute Gasteiger partial charge is 0.480 e. The lowest BCUT2D eigenvalue weighted by molar-refractivity contribution is -0.144. The van der Waals surface area contributed by atoms with Crippen LogP contribution in [0.3, 0.4) is 0 Å². The lowest BCUT2D eigenvalue weighted by Crippen LogP contribution is -2.49. The summed E-state index contributed by atoms with van der Waals surface area (Å²) in [5.41, 5.74) is 4.32. The molecular formula is C20H25N3O2. The molecule has 1 fully saturated rings. The summed E-state index contributed by atoms with van der Waals surface area (Å²) in [7, 11) is 0. The lowest BCUT2D eigenvalue weighted by atomic mass is 9.96. The van der Waals surface area contributed by atoms with Crippen LogP contribution in [0.2, 0.25) is 0 Å². The van der Waals surface area contributed by atoms with E-state index in [9.17, 15) is 9.90 Å². The predicted octanol–water partition coefficient (Wildman–Crippen LogP) is 2.64. The topological polar surface area (TPSA) is 56.7 Å². The molecule has 2 aromatic rings. The first-order valence-corrected chi connectivity index (χ1v) is 8.70. The summed E-state index contributed by atoms with van der Waals surface area (Å²) >= 11 is 0. The van der Waals surface area contributed by atoms with Gasteiger partial charge < -0.3 is 5.11 Å². The molecule has 1 aromatic carbocycles. The normalized spacial score (nSPS) is 17.4. The number of aryl methyl sites for hydroxylation is 1. The van der Waals surface area contributed by atoms with Crippen LogP contribution in [0.15, 0.2) is 42.7 Å². The van der Waals surface area contributed by atoms with Gasteiger partial charge in [0, 0.05) is 45.1 Å². The number of aliphatic carboxylic acids is 1. The Morgan fingerprint density at radius 1 is 1.16 bits per heavy atom. The zero-order chi connectivity index (χ0) is 17.8. The molecule has 1 N–H and O–H groups in total. The van der Waals surface area contributed by atoms with Crippen LogP contribution in [0.5, 0.6) is 0 Å². The third-order valence-electron chi connectivity index (χ3n) is 5.08. The van der Waals surface area contributed by atoms with Crippen LogP contribution in [-0.4, -0.2) is 52.0 Å². The molecule has 2 heterocycles. The number of aromatic nitrogens is 1. The molecule has 3 rings (SSSR count). The van der Waals surface area contributed by atoms with E-state index in [1.807, 2.05) is 44.3 Å². The Balaban J connectivity index is 1.69. The highest BCUT2D eigenvalue weighted by Gasteiger charge is 2.31. The standard InChI is InChI=1S/C20H25N3O2/c1-15-5-3-7-18(16(15)2)19(20(24)25)23-11-9-22(10-12-23)14-17-6-4-8-21-13-17/h3-8,13,19H,9-12,14H2,1-2H3,(H,24,25). The molecule has 1 atom stereocenters. The first-order chi connectivity index (χ1) is 12.1. The fourth-order valence-electron chi connectivity index (χ4n) is 3.49. The number of rotatable bonds is 5. The van der Waals surface area contributed by atoms with E-state index in [2.05, 4.69) is 20.9 Å². The second-order valence-corrected chi connectivity index (χ2v) is 6.70. The highest BCUT2D eigenvalue weighted by atomic mass is 16.4. The van der Waals surface area contributed by atoms with Gasteiger partial charge in [-0.15, -0.1) is 0 Å². The van der Waals surface area contributed by atoms with Crippen molar-refractivity contribution in [1.29, 1.82) is 0 Å². The molecule has 1 aliphatic heterocycles. The lowest BCUT2D eigenvalue weighted by Gasteiger charge is -2.38. The average Bonchev–Trinajstić information content (AvgIpc) is 2.61. The molecule has 0 aliphatic carbocycles. The highest BCUT2D eigenvalue weighted by Crippen LogP contribution is 2.27. The first kappa shape index (κ1) is 17.6. The molecule has 1 saturated heterocycles. The minimum Gasteiger partial charge on any atom is -0.480 e. The van der Waals surface area contributed by atoms with Gasteiger partial charge in [0.25, 0.3) is 0 Å². The molecule has 0 spiro atoms. The summed E-state index contributed by atoms with van der Waals surface area (Å²) in [6.07, 6.45) is 3.67. The van der Waals surface area contributed by atoms with Gasteiger partial charge >= 0.3 is 5.97 Å². The fraction of sp³-hybridized carbons (Fsp3) is 0.400. The van der Waals surface area contributed by atoms with Gasteiger partial charge in [-0.25, -0.2) is 0 Å². The molecule has 0 bridgehead atoms. The van der Waals surface area contributed by atoms with Gasteiger partial charge in [0.1, 0.15) is 6.04 Å². The Kier molecular flexibility index (Phi) is 5.46. The van der Waals surface area contributed by atoms with E-state index in [1.54, 1.807) is 6.20 Å². The summed E-state index contributed by atoms with van der Waals surface area (Å²) in [6.45, 7) is 8.15. The SMILES string of the molecule is Cc1cccc(C(C(=O)O)N2CCN(Cc3cccnc3)CC2)c1C. The zero-order valence-electron chi connectivity index (χ0n) is 14.9. The van der Waals surface area contributed by atoms with Gasteiger partial charge in [0.05, 0.1) is 0 Å². The molecule has 1 unspecified atom stereocenters. The van der Waals surface area contributed by atoms with Crippen LogP contribution in [0.25, 0.3) is 0 Å². The third-order valence-corrected chi connectivity index (χ3v) is 5.08. The summed E-state index contributed by atoms with van der Waals surface area (Å²) in [5, 5.41) is 9.83. The Hall–Kier alpha value is -2.24. The van der Waals surface area contributed by atoms with Gasteiger partial charge in [0.2, 0.25) is 0 Å². The van der Waals surface area contributed by atoms with Crippen LogP contribution >= 0.6 is 0 Å². The van der Waals surface area contributed by atoms with Crippen molar-refractivity contribution in [2.45, 2.75) is 26.4 Å². The number of hydrogen-bond donors (Lipinski definition) is 1. The number of carboxylic acid groups (broad SMARTS) is 1. The Morgan fingerprint density at radius 3 is 2.56 bits per heavy atom. The Morgan fingerprint density at radius 2 is 1.92 bits per heavy atom. The van der Waals surface area contributed by atoms with Crippen molar-refractivity contribution < 1.29 is 9.90 Å². The first-order valence-electron chi connectivity index (χ1n) is 8.70. The minimum absolute atomic E-state index is 0.569. The molecule has 5 heteroatoms. The van der Waals surface area contributed by atoms with Crippen molar-refractivity contribution in [2.24, 2.45) is 0 Å². The summed E-state index contributed by atoms with van der Waals surface area (Å²) in [4.78, 5) is 20.6. The van der Waals surface area contributed by atoms with Crippen LogP contribution in [0, 0.1) is 13.8 Å². The maximum atomic E-state index is 12.0. The van der Waals surface area contributed by atoms with Crippen molar-refractivity contribution in [2.75, 3.05) is 26.2 Å². The number of piperazine rings is 1. The third kappa shape index (κ3) is 4.06. The van der Waals surface area contributed by atoms with Crippen molar-refractivity contribution >= 4 is 5.97 Å². The quantitative estimate of drug-likeness (QED) is 0.907. The average molecular weight is 339 g/mol. The minimum atomic E-state index is -0.769. The van der Waals surface area contributed by atoms with Crippen molar-refractivity contribution in [3.05, 3.63) is 65.0 Å². The van der Waals surface area contributed by atoms with Crippen LogP contribution < -0.4 is 0 Å².